The molecule has 2 aromatic rings. The molecule has 1 aliphatic rings. The van der Waals surface area contributed by atoms with Gasteiger partial charge in [-0.2, -0.15) is 0 Å². The number of benzene rings is 1. The molecule has 1 aromatic carbocycles. The zero-order valence-corrected chi connectivity index (χ0v) is 12.1. The SMILES string of the molecule is Cc1csc(CN2CCN(c3ccccc3N)C2=O)n1. The standard InChI is InChI=1S/C14H16N4OS/c1-10-9-20-13(16-10)8-17-6-7-18(14(17)19)12-5-3-2-4-11(12)15/h2-5,9H,6-8,15H2,1H3. The minimum absolute atomic E-state index is 0.00393. The molecule has 5 nitrogen and oxygen atoms in total. The zero-order chi connectivity index (χ0) is 14.1. The Balaban J connectivity index is 1.76. The van der Waals surface area contributed by atoms with E-state index < -0.39 is 0 Å². The predicted molar refractivity (Wildman–Crippen MR) is 80.9 cm³/mol. The van der Waals surface area contributed by atoms with Gasteiger partial charge in [-0.25, -0.2) is 9.78 Å². The number of nitrogen functional groups attached to an aromatic ring is 1. The summed E-state index contributed by atoms with van der Waals surface area (Å²) in [5.41, 5.74) is 8.36. The Morgan fingerprint density at radius 3 is 2.85 bits per heavy atom. The van der Waals surface area contributed by atoms with Gasteiger partial charge in [0.1, 0.15) is 5.01 Å². The molecule has 1 aromatic heterocycles. The quantitative estimate of drug-likeness (QED) is 0.883. The van der Waals surface area contributed by atoms with Gasteiger partial charge in [0, 0.05) is 24.2 Å². The van der Waals surface area contributed by atoms with Crippen LogP contribution in [-0.2, 0) is 6.54 Å². The van der Waals surface area contributed by atoms with E-state index >= 15 is 0 Å². The number of carbonyl (C=O) groups excluding carboxylic acids is 1. The van der Waals surface area contributed by atoms with Crippen LogP contribution in [0.15, 0.2) is 29.6 Å². The number of nitrogens with zero attached hydrogens (tertiary/aromatic N) is 3. The highest BCUT2D eigenvalue weighted by atomic mass is 32.1. The van der Waals surface area contributed by atoms with Crippen molar-refractivity contribution in [3.05, 3.63) is 40.3 Å². The first-order chi connectivity index (χ1) is 9.65. The summed E-state index contributed by atoms with van der Waals surface area (Å²) in [4.78, 5) is 20.4. The first kappa shape index (κ1) is 12.9. The van der Waals surface area contributed by atoms with E-state index in [1.54, 1.807) is 16.2 Å². The first-order valence-corrected chi connectivity index (χ1v) is 7.35. The highest BCUT2D eigenvalue weighted by molar-refractivity contribution is 7.09. The monoisotopic (exact) mass is 288 g/mol. The second-order valence-electron chi connectivity index (χ2n) is 4.80. The summed E-state index contributed by atoms with van der Waals surface area (Å²) < 4.78 is 0. The number of nitrogens with two attached hydrogens (primary N) is 1. The number of aromatic nitrogens is 1. The van der Waals surface area contributed by atoms with Crippen molar-refractivity contribution in [3.63, 3.8) is 0 Å². The molecule has 2 heterocycles. The summed E-state index contributed by atoms with van der Waals surface area (Å²) in [7, 11) is 0. The van der Waals surface area contributed by atoms with Gasteiger partial charge in [0.25, 0.3) is 0 Å². The second kappa shape index (κ2) is 5.13. The van der Waals surface area contributed by atoms with Gasteiger partial charge in [-0.15, -0.1) is 11.3 Å². The summed E-state index contributed by atoms with van der Waals surface area (Å²) >= 11 is 1.59. The van der Waals surface area contributed by atoms with Gasteiger partial charge in [0.15, 0.2) is 0 Å². The Hall–Kier alpha value is -2.08. The van der Waals surface area contributed by atoms with Crippen molar-refractivity contribution in [3.8, 4) is 0 Å². The van der Waals surface area contributed by atoms with Gasteiger partial charge < -0.3 is 10.6 Å². The number of amides is 2. The lowest BCUT2D eigenvalue weighted by Crippen LogP contribution is -2.31. The molecule has 0 spiro atoms. The normalized spacial score (nSPS) is 15.2. The maximum absolute atomic E-state index is 12.4. The third-order valence-electron chi connectivity index (χ3n) is 3.32. The molecule has 6 heteroatoms. The Kier molecular flexibility index (Phi) is 3.31. The van der Waals surface area contributed by atoms with E-state index in [2.05, 4.69) is 4.98 Å². The average Bonchev–Trinajstić information content (AvgIpc) is 2.99. The fraction of sp³-hybridized carbons (Fsp3) is 0.286. The fourth-order valence-electron chi connectivity index (χ4n) is 2.32. The number of aryl methyl sites for hydroxylation is 1. The lowest BCUT2D eigenvalue weighted by Gasteiger charge is -2.19. The van der Waals surface area contributed by atoms with Crippen molar-refractivity contribution in [1.29, 1.82) is 0 Å². The highest BCUT2D eigenvalue weighted by Crippen LogP contribution is 2.27. The van der Waals surface area contributed by atoms with Crippen molar-refractivity contribution in [2.75, 3.05) is 23.7 Å². The van der Waals surface area contributed by atoms with Crippen LogP contribution in [0.1, 0.15) is 10.7 Å². The Morgan fingerprint density at radius 2 is 2.15 bits per heavy atom. The van der Waals surface area contributed by atoms with Gasteiger partial charge >= 0.3 is 6.03 Å². The number of urea groups is 1. The zero-order valence-electron chi connectivity index (χ0n) is 11.2. The van der Waals surface area contributed by atoms with Gasteiger partial charge in [0.2, 0.25) is 0 Å². The number of rotatable bonds is 3. The maximum Gasteiger partial charge on any atom is 0.325 e. The van der Waals surface area contributed by atoms with E-state index in [0.29, 0.717) is 25.3 Å². The van der Waals surface area contributed by atoms with Gasteiger partial charge in [-0.3, -0.25) is 4.90 Å². The summed E-state index contributed by atoms with van der Waals surface area (Å²) in [5.74, 6) is 0. The highest BCUT2D eigenvalue weighted by Gasteiger charge is 2.30. The molecule has 0 atom stereocenters. The van der Waals surface area contributed by atoms with Crippen LogP contribution in [0.3, 0.4) is 0 Å². The summed E-state index contributed by atoms with van der Waals surface area (Å²) in [6.07, 6.45) is 0. The van der Waals surface area contributed by atoms with E-state index in [0.717, 1.165) is 16.4 Å². The Morgan fingerprint density at radius 1 is 1.35 bits per heavy atom. The third kappa shape index (κ3) is 2.34. The lowest BCUT2D eigenvalue weighted by molar-refractivity contribution is 0.218. The smallest absolute Gasteiger partial charge is 0.325 e. The van der Waals surface area contributed by atoms with E-state index in [9.17, 15) is 4.79 Å². The molecule has 2 amide bonds. The van der Waals surface area contributed by atoms with Crippen molar-refractivity contribution in [2.24, 2.45) is 0 Å². The van der Waals surface area contributed by atoms with Gasteiger partial charge in [-0.05, 0) is 19.1 Å². The molecule has 1 saturated heterocycles. The van der Waals surface area contributed by atoms with Crippen LogP contribution in [0.2, 0.25) is 0 Å². The lowest BCUT2D eigenvalue weighted by atomic mass is 10.2. The minimum Gasteiger partial charge on any atom is -0.397 e. The van der Waals surface area contributed by atoms with E-state index in [4.69, 9.17) is 5.73 Å². The number of hydrogen-bond donors (Lipinski definition) is 1. The molecule has 0 aliphatic carbocycles. The third-order valence-corrected chi connectivity index (χ3v) is 4.27. The molecule has 0 unspecified atom stereocenters. The molecule has 3 rings (SSSR count). The number of carbonyl (C=O) groups is 1. The van der Waals surface area contributed by atoms with Gasteiger partial charge in [-0.1, -0.05) is 12.1 Å². The summed E-state index contributed by atoms with van der Waals surface area (Å²) in [6, 6.07) is 7.46. The molecular weight excluding hydrogens is 272 g/mol. The molecule has 0 radical (unpaired) electrons. The Bertz CT molecular complexity index is 640. The van der Waals surface area contributed by atoms with Crippen LogP contribution in [0, 0.1) is 6.92 Å². The molecule has 2 N–H and O–H groups in total. The van der Waals surface area contributed by atoms with Gasteiger partial charge in [0.05, 0.1) is 17.9 Å². The second-order valence-corrected chi connectivity index (χ2v) is 5.74. The molecule has 0 saturated carbocycles. The van der Waals surface area contributed by atoms with Crippen LogP contribution in [0.25, 0.3) is 0 Å². The first-order valence-electron chi connectivity index (χ1n) is 6.47. The number of para-hydroxylation sites is 2. The maximum atomic E-state index is 12.4. The largest absolute Gasteiger partial charge is 0.397 e. The van der Waals surface area contributed by atoms with Crippen LogP contribution >= 0.6 is 11.3 Å². The fourth-order valence-corrected chi connectivity index (χ4v) is 3.11. The van der Waals surface area contributed by atoms with E-state index in [1.165, 1.54) is 0 Å². The molecule has 1 fully saturated rings. The van der Waals surface area contributed by atoms with E-state index in [1.807, 2.05) is 41.5 Å². The topological polar surface area (TPSA) is 62.5 Å². The van der Waals surface area contributed by atoms with Crippen molar-refractivity contribution >= 4 is 28.7 Å². The molecule has 1 aliphatic heterocycles. The van der Waals surface area contributed by atoms with E-state index in [-0.39, 0.29) is 6.03 Å². The number of hydrogen-bond acceptors (Lipinski definition) is 4. The summed E-state index contributed by atoms with van der Waals surface area (Å²) in [5, 5.41) is 2.97. The van der Waals surface area contributed by atoms with Crippen molar-refractivity contribution in [2.45, 2.75) is 13.5 Å². The van der Waals surface area contributed by atoms with Crippen LogP contribution < -0.4 is 10.6 Å². The Labute approximate surface area is 121 Å². The summed E-state index contributed by atoms with van der Waals surface area (Å²) in [6.45, 7) is 3.90. The number of anilines is 2. The van der Waals surface area contributed by atoms with Crippen molar-refractivity contribution < 1.29 is 4.79 Å². The van der Waals surface area contributed by atoms with Crippen LogP contribution in [0.5, 0.6) is 0 Å². The molecule has 20 heavy (non-hydrogen) atoms. The molecule has 0 bridgehead atoms. The predicted octanol–water partition coefficient (Wildman–Crippen LogP) is 2.48. The molecular formula is C14H16N4OS. The van der Waals surface area contributed by atoms with Crippen LogP contribution in [0.4, 0.5) is 16.2 Å². The van der Waals surface area contributed by atoms with Crippen LogP contribution in [-0.4, -0.2) is 29.0 Å². The molecule has 104 valence electrons. The minimum atomic E-state index is -0.00393. The average molecular weight is 288 g/mol. The van der Waals surface area contributed by atoms with Crippen molar-refractivity contribution in [1.82, 2.24) is 9.88 Å². The number of thiazole rings is 1.